The fourth-order valence-electron chi connectivity index (χ4n) is 4.52. The van der Waals surface area contributed by atoms with Gasteiger partial charge in [0.1, 0.15) is 17.5 Å². The first-order valence-corrected chi connectivity index (χ1v) is 11.4. The molecule has 8 nitrogen and oxygen atoms in total. The van der Waals surface area contributed by atoms with Crippen LogP contribution in [0.15, 0.2) is 53.7 Å². The van der Waals surface area contributed by atoms with Crippen LogP contribution < -0.4 is 10.9 Å². The zero-order valence-electron chi connectivity index (χ0n) is 18.5. The molecule has 0 amide bonds. The van der Waals surface area contributed by atoms with Gasteiger partial charge in [0.25, 0.3) is 5.56 Å². The van der Waals surface area contributed by atoms with Crippen LogP contribution in [-0.4, -0.2) is 48.8 Å². The van der Waals surface area contributed by atoms with E-state index in [-0.39, 0.29) is 41.8 Å². The molecule has 1 aliphatic carbocycles. The lowest BCUT2D eigenvalue weighted by molar-refractivity contribution is -0.0173. The SMILES string of the molecule is O=c1c2cnn(Cc3c(F)cccc3F)c2ccn1-c1cc(NC2CC(CO)(CO)C2)ncc1Cl. The Bertz CT molecular complexity index is 1440. The van der Waals surface area contributed by atoms with E-state index in [1.807, 2.05) is 0 Å². The number of hydrogen-bond donors (Lipinski definition) is 3. The average molecular weight is 502 g/mol. The summed E-state index contributed by atoms with van der Waals surface area (Å²) in [6.07, 6.45) is 5.50. The number of rotatable bonds is 7. The Balaban J connectivity index is 1.44. The van der Waals surface area contributed by atoms with Crippen molar-refractivity contribution in [1.82, 2.24) is 19.3 Å². The van der Waals surface area contributed by atoms with E-state index in [0.29, 0.717) is 29.9 Å². The molecular formula is C24H22ClF2N5O3. The summed E-state index contributed by atoms with van der Waals surface area (Å²) >= 11 is 6.36. The largest absolute Gasteiger partial charge is 0.396 e. The van der Waals surface area contributed by atoms with E-state index in [2.05, 4.69) is 15.4 Å². The molecule has 0 aliphatic heterocycles. The van der Waals surface area contributed by atoms with Gasteiger partial charge < -0.3 is 15.5 Å². The summed E-state index contributed by atoms with van der Waals surface area (Å²) < 4.78 is 30.9. The van der Waals surface area contributed by atoms with Crippen molar-refractivity contribution < 1.29 is 19.0 Å². The van der Waals surface area contributed by atoms with Crippen LogP contribution in [0.25, 0.3) is 16.6 Å². The third-order valence-corrected chi connectivity index (χ3v) is 6.85. The first-order valence-electron chi connectivity index (χ1n) is 11.0. The molecule has 0 radical (unpaired) electrons. The van der Waals surface area contributed by atoms with Crippen LogP contribution >= 0.6 is 11.6 Å². The monoisotopic (exact) mass is 501 g/mol. The van der Waals surface area contributed by atoms with Crippen LogP contribution in [0.2, 0.25) is 5.02 Å². The highest BCUT2D eigenvalue weighted by Crippen LogP contribution is 2.41. The summed E-state index contributed by atoms with van der Waals surface area (Å²) in [5.41, 5.74) is -0.196. The van der Waals surface area contributed by atoms with Crippen LogP contribution in [-0.2, 0) is 6.54 Å². The fourth-order valence-corrected chi connectivity index (χ4v) is 4.72. The Hall–Kier alpha value is -3.34. The van der Waals surface area contributed by atoms with Gasteiger partial charge in [0.15, 0.2) is 0 Å². The number of aromatic nitrogens is 4. The van der Waals surface area contributed by atoms with Crippen LogP contribution in [0.1, 0.15) is 18.4 Å². The molecule has 0 bridgehead atoms. The maximum absolute atomic E-state index is 14.1. The van der Waals surface area contributed by atoms with E-state index in [0.717, 1.165) is 0 Å². The highest BCUT2D eigenvalue weighted by molar-refractivity contribution is 6.32. The van der Waals surface area contributed by atoms with Gasteiger partial charge in [-0.1, -0.05) is 17.7 Å². The standard InChI is InChI=1S/C24H22ClF2N5O3/c25-17-10-28-22(30-14-7-24(8-14,12-33)13-34)6-21(17)31-5-4-20-15(23(31)35)9-29-32(20)11-16-18(26)2-1-3-19(16)27/h1-6,9-10,14,33-34H,7-8,11-13H2,(H,28,30). The topological polar surface area (TPSA) is 105 Å². The second-order valence-corrected chi connectivity index (χ2v) is 9.29. The number of anilines is 1. The van der Waals surface area contributed by atoms with E-state index >= 15 is 0 Å². The van der Waals surface area contributed by atoms with E-state index in [9.17, 15) is 23.8 Å². The minimum Gasteiger partial charge on any atom is -0.396 e. The lowest BCUT2D eigenvalue weighted by Crippen LogP contribution is -2.49. The number of benzene rings is 1. The molecule has 3 aromatic heterocycles. The van der Waals surface area contributed by atoms with Gasteiger partial charge in [0.2, 0.25) is 0 Å². The van der Waals surface area contributed by atoms with E-state index < -0.39 is 22.6 Å². The van der Waals surface area contributed by atoms with E-state index in [4.69, 9.17) is 11.6 Å². The molecule has 3 heterocycles. The van der Waals surface area contributed by atoms with E-state index in [1.165, 1.54) is 46.0 Å². The molecular weight excluding hydrogens is 480 g/mol. The number of hydrogen-bond acceptors (Lipinski definition) is 6. The van der Waals surface area contributed by atoms with Crippen molar-refractivity contribution in [2.75, 3.05) is 18.5 Å². The average Bonchev–Trinajstić information content (AvgIpc) is 3.24. The normalized spacial score (nSPS) is 15.3. The van der Waals surface area contributed by atoms with Crippen molar-refractivity contribution in [3.05, 3.63) is 81.5 Å². The maximum Gasteiger partial charge on any atom is 0.266 e. The number of pyridine rings is 2. The highest BCUT2D eigenvalue weighted by atomic mass is 35.5. The number of fused-ring (bicyclic) bond motifs is 1. The quantitative estimate of drug-likeness (QED) is 0.359. The molecule has 1 fully saturated rings. The molecule has 35 heavy (non-hydrogen) atoms. The molecule has 0 spiro atoms. The fraction of sp³-hybridized carbons (Fsp3) is 0.292. The third-order valence-electron chi connectivity index (χ3n) is 6.56. The molecule has 1 aliphatic rings. The molecule has 1 saturated carbocycles. The van der Waals surface area contributed by atoms with Crippen LogP contribution in [0, 0.1) is 17.0 Å². The van der Waals surface area contributed by atoms with Crippen molar-refractivity contribution in [2.45, 2.75) is 25.4 Å². The third kappa shape index (κ3) is 4.18. The van der Waals surface area contributed by atoms with Crippen molar-refractivity contribution in [1.29, 1.82) is 0 Å². The molecule has 0 saturated heterocycles. The van der Waals surface area contributed by atoms with Crippen LogP contribution in [0.4, 0.5) is 14.6 Å². The van der Waals surface area contributed by atoms with Gasteiger partial charge >= 0.3 is 0 Å². The first-order chi connectivity index (χ1) is 16.8. The van der Waals surface area contributed by atoms with Crippen molar-refractivity contribution in [3.8, 4) is 5.69 Å². The number of aliphatic hydroxyl groups excluding tert-OH is 2. The molecule has 182 valence electrons. The molecule has 0 unspecified atom stereocenters. The molecule has 1 aromatic carbocycles. The molecule has 4 aromatic rings. The first kappa shape index (κ1) is 23.4. The van der Waals surface area contributed by atoms with Gasteiger partial charge in [-0.05, 0) is 31.0 Å². The minimum absolute atomic E-state index is 0.0204. The Labute approximate surface area is 203 Å². The predicted octanol–water partition coefficient (Wildman–Crippen LogP) is 3.11. The second kappa shape index (κ2) is 9.03. The summed E-state index contributed by atoms with van der Waals surface area (Å²) in [6, 6.07) is 6.93. The lowest BCUT2D eigenvalue weighted by Gasteiger charge is -2.45. The zero-order valence-corrected chi connectivity index (χ0v) is 19.2. The van der Waals surface area contributed by atoms with Gasteiger partial charge in [-0.3, -0.25) is 14.0 Å². The van der Waals surface area contributed by atoms with Gasteiger partial charge in [-0.2, -0.15) is 5.10 Å². The number of nitrogens with one attached hydrogen (secondary N) is 1. The summed E-state index contributed by atoms with van der Waals surface area (Å²) in [6.45, 7) is -0.346. The van der Waals surface area contributed by atoms with Crippen molar-refractivity contribution in [2.24, 2.45) is 5.41 Å². The Morgan fingerprint density at radius 3 is 2.54 bits per heavy atom. The van der Waals surface area contributed by atoms with Gasteiger partial charge in [0.05, 0.1) is 53.8 Å². The number of nitrogens with zero attached hydrogens (tertiary/aromatic N) is 4. The summed E-state index contributed by atoms with van der Waals surface area (Å²) in [7, 11) is 0. The van der Waals surface area contributed by atoms with Crippen molar-refractivity contribution in [3.63, 3.8) is 0 Å². The smallest absolute Gasteiger partial charge is 0.266 e. The van der Waals surface area contributed by atoms with Gasteiger partial charge in [-0.15, -0.1) is 0 Å². The number of aliphatic hydroxyl groups is 2. The minimum atomic E-state index is -0.688. The molecule has 11 heteroatoms. The zero-order chi connectivity index (χ0) is 24.7. The van der Waals surface area contributed by atoms with Crippen LogP contribution in [0.5, 0.6) is 0 Å². The Morgan fingerprint density at radius 1 is 1.14 bits per heavy atom. The second-order valence-electron chi connectivity index (χ2n) is 8.88. The molecule has 3 N–H and O–H groups in total. The highest BCUT2D eigenvalue weighted by Gasteiger charge is 2.43. The molecule has 0 atom stereocenters. The van der Waals surface area contributed by atoms with Gasteiger partial charge in [0, 0.05) is 29.3 Å². The van der Waals surface area contributed by atoms with Crippen molar-refractivity contribution >= 4 is 28.3 Å². The predicted molar refractivity (Wildman–Crippen MR) is 127 cm³/mol. The maximum atomic E-state index is 14.1. The summed E-state index contributed by atoms with van der Waals surface area (Å²) in [5.74, 6) is -0.879. The summed E-state index contributed by atoms with van der Waals surface area (Å²) in [4.78, 5) is 17.5. The van der Waals surface area contributed by atoms with Crippen LogP contribution in [0.3, 0.4) is 0 Å². The Morgan fingerprint density at radius 2 is 1.86 bits per heavy atom. The molecule has 5 rings (SSSR count). The van der Waals surface area contributed by atoms with Gasteiger partial charge in [-0.25, -0.2) is 13.8 Å². The van der Waals surface area contributed by atoms with E-state index in [1.54, 1.807) is 12.1 Å². The Kier molecular flexibility index (Phi) is 6.04. The summed E-state index contributed by atoms with van der Waals surface area (Å²) in [5, 5.41) is 26.9. The number of halogens is 3. The lowest BCUT2D eigenvalue weighted by atomic mass is 9.66.